The van der Waals surface area contributed by atoms with Crippen LogP contribution in [0.15, 0.2) is 34.7 Å². The summed E-state index contributed by atoms with van der Waals surface area (Å²) < 4.78 is 11.3. The molecule has 0 fully saturated rings. The van der Waals surface area contributed by atoms with E-state index in [4.69, 9.17) is 9.15 Å². The van der Waals surface area contributed by atoms with Crippen LogP contribution in [0, 0.1) is 0 Å². The van der Waals surface area contributed by atoms with Crippen LogP contribution in [-0.2, 0) is 19.4 Å². The summed E-state index contributed by atoms with van der Waals surface area (Å²) in [7, 11) is 0. The first kappa shape index (κ1) is 15.7. The van der Waals surface area contributed by atoms with E-state index in [9.17, 15) is 4.79 Å². The van der Waals surface area contributed by atoms with Crippen molar-refractivity contribution in [3.8, 4) is 5.75 Å². The number of ether oxygens (including phenoxy) is 1. The van der Waals surface area contributed by atoms with Gasteiger partial charge in [-0.05, 0) is 61.1 Å². The summed E-state index contributed by atoms with van der Waals surface area (Å²) in [5, 5.41) is 2.84. The molecule has 1 aliphatic rings. The van der Waals surface area contributed by atoms with E-state index in [0.717, 1.165) is 25.0 Å². The highest BCUT2D eigenvalue weighted by atomic mass is 16.5. The van der Waals surface area contributed by atoms with Gasteiger partial charge in [0.25, 0.3) is 5.91 Å². The number of hydrogen-bond acceptors (Lipinski definition) is 3. The van der Waals surface area contributed by atoms with Gasteiger partial charge in [-0.25, -0.2) is 0 Å². The van der Waals surface area contributed by atoms with Gasteiger partial charge in [-0.2, -0.15) is 0 Å². The van der Waals surface area contributed by atoms with Crippen LogP contribution in [0.25, 0.3) is 0 Å². The van der Waals surface area contributed by atoms with Gasteiger partial charge in [-0.3, -0.25) is 4.79 Å². The van der Waals surface area contributed by atoms with Crippen LogP contribution < -0.4 is 10.1 Å². The molecule has 1 N–H and O–H groups in total. The molecular formula is C19H23NO3. The lowest BCUT2D eigenvalue weighted by Gasteiger charge is -2.06. The zero-order chi connectivity index (χ0) is 16.1. The van der Waals surface area contributed by atoms with Crippen LogP contribution in [0.4, 0.5) is 0 Å². The Morgan fingerprint density at radius 2 is 2.09 bits per heavy atom. The van der Waals surface area contributed by atoms with E-state index in [0.29, 0.717) is 24.7 Å². The van der Waals surface area contributed by atoms with E-state index >= 15 is 0 Å². The Morgan fingerprint density at radius 1 is 1.22 bits per heavy atom. The predicted molar refractivity (Wildman–Crippen MR) is 88.7 cm³/mol. The van der Waals surface area contributed by atoms with Crippen LogP contribution in [0.2, 0.25) is 0 Å². The lowest BCUT2D eigenvalue weighted by molar-refractivity contribution is 0.0921. The Morgan fingerprint density at radius 3 is 2.96 bits per heavy atom. The van der Waals surface area contributed by atoms with Crippen molar-refractivity contribution in [2.45, 2.75) is 45.6 Å². The number of fused-ring (bicyclic) bond motifs is 1. The quantitative estimate of drug-likeness (QED) is 0.789. The molecule has 0 saturated carbocycles. The average molecular weight is 313 g/mol. The summed E-state index contributed by atoms with van der Waals surface area (Å²) in [5.74, 6) is 1.69. The van der Waals surface area contributed by atoms with Crippen LogP contribution in [0.1, 0.15) is 53.6 Å². The van der Waals surface area contributed by atoms with Gasteiger partial charge in [0.15, 0.2) is 5.76 Å². The minimum atomic E-state index is -0.165. The maximum atomic E-state index is 11.9. The smallest absolute Gasteiger partial charge is 0.286 e. The number of amides is 1. The minimum Gasteiger partial charge on any atom is -0.486 e. The van der Waals surface area contributed by atoms with Crippen molar-refractivity contribution in [2.24, 2.45) is 0 Å². The molecule has 4 nitrogen and oxygen atoms in total. The van der Waals surface area contributed by atoms with E-state index in [-0.39, 0.29) is 5.91 Å². The Hall–Kier alpha value is -2.23. The Balaban J connectivity index is 1.54. The summed E-state index contributed by atoms with van der Waals surface area (Å²) in [5.41, 5.74) is 2.82. The van der Waals surface area contributed by atoms with Crippen LogP contribution in [-0.4, -0.2) is 12.5 Å². The van der Waals surface area contributed by atoms with Crippen molar-refractivity contribution >= 4 is 5.91 Å². The number of unbranched alkanes of at least 4 members (excludes halogenated alkanes) is 1. The lowest BCUT2D eigenvalue weighted by Crippen LogP contribution is -2.23. The molecule has 0 bridgehead atoms. The molecule has 1 heterocycles. The van der Waals surface area contributed by atoms with Gasteiger partial charge in [0.2, 0.25) is 0 Å². The van der Waals surface area contributed by atoms with Gasteiger partial charge < -0.3 is 14.5 Å². The van der Waals surface area contributed by atoms with Crippen molar-refractivity contribution in [1.29, 1.82) is 0 Å². The number of carbonyl (C=O) groups excluding carboxylic acids is 1. The maximum absolute atomic E-state index is 11.9. The average Bonchev–Trinajstić information content (AvgIpc) is 3.21. The van der Waals surface area contributed by atoms with Crippen molar-refractivity contribution in [3.05, 3.63) is 53.0 Å². The maximum Gasteiger partial charge on any atom is 0.286 e. The van der Waals surface area contributed by atoms with E-state index in [1.54, 1.807) is 12.1 Å². The lowest BCUT2D eigenvalue weighted by atomic mass is 10.1. The predicted octanol–water partition coefficient (Wildman–Crippen LogP) is 3.88. The van der Waals surface area contributed by atoms with Gasteiger partial charge in [0.05, 0.1) is 0 Å². The van der Waals surface area contributed by atoms with Crippen LogP contribution >= 0.6 is 0 Å². The second-order valence-corrected chi connectivity index (χ2v) is 5.95. The van der Waals surface area contributed by atoms with E-state index in [2.05, 4.69) is 24.4 Å². The first-order chi connectivity index (χ1) is 11.3. The molecule has 0 unspecified atom stereocenters. The van der Waals surface area contributed by atoms with E-state index < -0.39 is 0 Å². The zero-order valence-electron chi connectivity index (χ0n) is 13.6. The monoisotopic (exact) mass is 313 g/mol. The molecule has 0 radical (unpaired) electrons. The fourth-order valence-corrected chi connectivity index (χ4v) is 2.84. The number of furan rings is 1. The van der Waals surface area contributed by atoms with Crippen LogP contribution in [0.5, 0.6) is 5.75 Å². The molecule has 23 heavy (non-hydrogen) atoms. The SMILES string of the molecule is CCCCNC(=O)c1ccc(COc2ccc3c(c2)CCC3)o1. The molecule has 1 aliphatic carbocycles. The Labute approximate surface area is 136 Å². The molecule has 122 valence electrons. The normalized spacial score (nSPS) is 12.9. The largest absolute Gasteiger partial charge is 0.486 e. The first-order valence-corrected chi connectivity index (χ1v) is 8.38. The van der Waals surface area contributed by atoms with E-state index in [1.807, 2.05) is 6.07 Å². The molecular weight excluding hydrogens is 290 g/mol. The van der Waals surface area contributed by atoms with Crippen LogP contribution in [0.3, 0.4) is 0 Å². The fraction of sp³-hybridized carbons (Fsp3) is 0.421. The number of rotatable bonds is 7. The third kappa shape index (κ3) is 3.95. The van der Waals surface area contributed by atoms with E-state index in [1.165, 1.54) is 24.0 Å². The third-order valence-corrected chi connectivity index (χ3v) is 4.15. The summed E-state index contributed by atoms with van der Waals surface area (Å²) in [6.07, 6.45) is 5.56. The first-order valence-electron chi connectivity index (χ1n) is 8.38. The fourth-order valence-electron chi connectivity index (χ4n) is 2.84. The van der Waals surface area contributed by atoms with Crippen molar-refractivity contribution < 1.29 is 13.9 Å². The molecule has 4 heteroatoms. The van der Waals surface area contributed by atoms with Crippen molar-refractivity contribution in [3.63, 3.8) is 0 Å². The van der Waals surface area contributed by atoms with Gasteiger partial charge in [-0.15, -0.1) is 0 Å². The summed E-state index contributed by atoms with van der Waals surface area (Å²) in [6.45, 7) is 3.10. The van der Waals surface area contributed by atoms with Gasteiger partial charge in [0.1, 0.15) is 18.1 Å². The molecule has 0 aliphatic heterocycles. The molecule has 3 rings (SSSR count). The molecule has 1 amide bonds. The highest BCUT2D eigenvalue weighted by Gasteiger charge is 2.13. The van der Waals surface area contributed by atoms with Gasteiger partial charge in [-0.1, -0.05) is 19.4 Å². The molecule has 1 aromatic heterocycles. The number of nitrogens with one attached hydrogen (secondary N) is 1. The standard InChI is InChI=1S/C19H23NO3/c1-2-3-11-20-19(21)18-10-9-17(23-18)13-22-16-8-7-14-5-4-6-15(14)12-16/h7-10,12H,2-6,11,13H2,1H3,(H,20,21). The number of carbonyl (C=O) groups is 1. The third-order valence-electron chi connectivity index (χ3n) is 4.15. The van der Waals surface area contributed by atoms with Crippen molar-refractivity contribution in [2.75, 3.05) is 6.54 Å². The molecule has 1 aromatic carbocycles. The summed E-state index contributed by atoms with van der Waals surface area (Å²) in [4.78, 5) is 11.9. The summed E-state index contributed by atoms with van der Waals surface area (Å²) in [6, 6.07) is 9.76. The molecule has 0 spiro atoms. The Bertz CT molecular complexity index is 675. The number of benzene rings is 1. The highest BCUT2D eigenvalue weighted by molar-refractivity contribution is 5.91. The zero-order valence-corrected chi connectivity index (χ0v) is 13.6. The topological polar surface area (TPSA) is 51.5 Å². The highest BCUT2D eigenvalue weighted by Crippen LogP contribution is 2.26. The van der Waals surface area contributed by atoms with Gasteiger partial charge >= 0.3 is 0 Å². The second kappa shape index (κ2) is 7.36. The van der Waals surface area contributed by atoms with Crippen molar-refractivity contribution in [1.82, 2.24) is 5.32 Å². The number of hydrogen-bond donors (Lipinski definition) is 1. The second-order valence-electron chi connectivity index (χ2n) is 5.95. The number of aryl methyl sites for hydroxylation is 2. The molecule has 0 saturated heterocycles. The summed E-state index contributed by atoms with van der Waals surface area (Å²) >= 11 is 0. The Kier molecular flexibility index (Phi) is 5.01. The minimum absolute atomic E-state index is 0.165. The van der Waals surface area contributed by atoms with Gasteiger partial charge in [0, 0.05) is 6.54 Å². The molecule has 0 atom stereocenters. The molecule has 2 aromatic rings.